The monoisotopic (exact) mass is 347 g/mol. The van der Waals surface area contributed by atoms with Gasteiger partial charge in [0.15, 0.2) is 6.33 Å². The van der Waals surface area contributed by atoms with Gasteiger partial charge in [-0.15, -0.1) is 10.2 Å². The first-order valence-electron chi connectivity index (χ1n) is 7.91. The van der Waals surface area contributed by atoms with Crippen LogP contribution in [-0.4, -0.2) is 54.0 Å². The lowest BCUT2D eigenvalue weighted by atomic mass is 9.86. The normalized spacial score (nSPS) is 14.5. The zero-order valence-corrected chi connectivity index (χ0v) is 13.8. The summed E-state index contributed by atoms with van der Waals surface area (Å²) in [7, 11) is 0. The van der Waals surface area contributed by atoms with Gasteiger partial charge in [-0.3, -0.25) is 14.8 Å². The molecule has 0 aliphatic heterocycles. The van der Waals surface area contributed by atoms with Gasteiger partial charge in [-0.1, -0.05) is 37.3 Å². The van der Waals surface area contributed by atoms with Crippen molar-refractivity contribution in [1.82, 2.24) is 25.3 Å². The maximum Gasteiger partial charge on any atom is 0.308 e. The van der Waals surface area contributed by atoms with Gasteiger partial charge in [-0.25, -0.2) is 5.06 Å². The van der Waals surface area contributed by atoms with E-state index in [0.29, 0.717) is 11.5 Å². The van der Waals surface area contributed by atoms with Gasteiger partial charge >= 0.3 is 5.97 Å². The van der Waals surface area contributed by atoms with E-state index in [2.05, 4.69) is 15.4 Å². The number of carboxylic acid groups (broad SMARTS) is 1. The van der Waals surface area contributed by atoms with Crippen LogP contribution in [0.5, 0.6) is 0 Å². The second-order valence-electron chi connectivity index (χ2n) is 6.02. The van der Waals surface area contributed by atoms with Gasteiger partial charge in [0.2, 0.25) is 6.41 Å². The summed E-state index contributed by atoms with van der Waals surface area (Å²) in [5.74, 6) is -2.03. The number of aliphatic carboxylic acids is 1. The highest BCUT2D eigenvalue weighted by atomic mass is 16.5. The van der Waals surface area contributed by atoms with Crippen LogP contribution in [0.4, 0.5) is 0 Å². The molecule has 1 aromatic carbocycles. The second-order valence-corrected chi connectivity index (χ2v) is 6.02. The smallest absolute Gasteiger partial charge is 0.308 e. The van der Waals surface area contributed by atoms with Gasteiger partial charge in [-0.2, -0.15) is 4.80 Å². The Balaban J connectivity index is 2.11. The molecule has 2 rings (SSSR count). The maximum absolute atomic E-state index is 11.8. The van der Waals surface area contributed by atoms with Crippen molar-refractivity contribution in [2.75, 3.05) is 0 Å². The first kappa shape index (κ1) is 18.5. The number of amides is 1. The van der Waals surface area contributed by atoms with Crippen molar-refractivity contribution >= 4 is 12.4 Å². The third kappa shape index (κ3) is 5.35. The lowest BCUT2D eigenvalue weighted by Gasteiger charge is -2.29. The Morgan fingerprint density at radius 1 is 1.36 bits per heavy atom. The van der Waals surface area contributed by atoms with Crippen molar-refractivity contribution < 1.29 is 19.9 Å². The number of hydroxylamine groups is 2. The molecule has 3 atom stereocenters. The minimum absolute atomic E-state index is 0.0368. The Morgan fingerprint density at radius 3 is 2.64 bits per heavy atom. The van der Waals surface area contributed by atoms with Crippen LogP contribution in [0, 0.1) is 11.8 Å². The van der Waals surface area contributed by atoms with E-state index in [9.17, 15) is 19.9 Å². The quantitative estimate of drug-likeness (QED) is 0.371. The van der Waals surface area contributed by atoms with Crippen molar-refractivity contribution in [3.05, 3.63) is 42.2 Å². The zero-order chi connectivity index (χ0) is 18.2. The molecule has 9 nitrogen and oxygen atoms in total. The van der Waals surface area contributed by atoms with Gasteiger partial charge in [0.25, 0.3) is 0 Å². The SMILES string of the molecule is CC(Cc1ccccc1)C[C@@H](C(=O)O)[C@H](Cn1ncnn1)N(O)C=O. The molecule has 134 valence electrons. The number of aromatic nitrogens is 4. The lowest BCUT2D eigenvalue weighted by molar-refractivity contribution is -0.175. The highest BCUT2D eigenvalue weighted by Crippen LogP contribution is 2.23. The number of hydrogen-bond acceptors (Lipinski definition) is 6. The van der Waals surface area contributed by atoms with Crippen LogP contribution in [0.15, 0.2) is 36.7 Å². The number of carbonyl (C=O) groups excluding carboxylic acids is 1. The van der Waals surface area contributed by atoms with Crippen molar-refractivity contribution in [2.24, 2.45) is 11.8 Å². The molecule has 0 aliphatic rings. The fourth-order valence-electron chi connectivity index (χ4n) is 2.87. The number of carboxylic acids is 1. The van der Waals surface area contributed by atoms with Crippen LogP contribution in [0.3, 0.4) is 0 Å². The predicted octanol–water partition coefficient (Wildman–Crippen LogP) is 0.859. The van der Waals surface area contributed by atoms with Crippen molar-refractivity contribution in [1.29, 1.82) is 0 Å². The molecule has 0 saturated heterocycles. The van der Waals surface area contributed by atoms with Crippen molar-refractivity contribution in [3.8, 4) is 0 Å². The minimum atomic E-state index is -1.09. The first-order chi connectivity index (χ1) is 12.0. The fraction of sp³-hybridized carbons (Fsp3) is 0.438. The molecule has 25 heavy (non-hydrogen) atoms. The third-order valence-electron chi connectivity index (χ3n) is 4.05. The van der Waals surface area contributed by atoms with Gasteiger partial charge in [0, 0.05) is 0 Å². The Hall–Kier alpha value is -2.81. The molecule has 1 heterocycles. The summed E-state index contributed by atoms with van der Waals surface area (Å²) in [6.07, 6.45) is 2.38. The molecule has 0 fully saturated rings. The average Bonchev–Trinajstić information content (AvgIpc) is 3.11. The maximum atomic E-state index is 11.8. The lowest BCUT2D eigenvalue weighted by Crippen LogP contribution is -2.45. The average molecular weight is 347 g/mol. The number of nitrogens with zero attached hydrogens (tertiary/aromatic N) is 5. The standard InChI is InChI=1S/C16H21N5O4/c1-12(7-13-5-3-2-4-6-13)8-14(16(23)24)15(20(25)11-22)9-21-18-10-17-19-21/h2-6,10-12,14-15,25H,7-9H2,1H3,(H,23,24)/t12?,14-,15+/m1/s1. The Bertz CT molecular complexity index is 664. The van der Waals surface area contributed by atoms with Crippen LogP contribution in [-0.2, 0) is 22.6 Å². The molecular formula is C16H21N5O4. The Labute approximate surface area is 144 Å². The van der Waals surface area contributed by atoms with E-state index in [1.54, 1.807) is 0 Å². The molecule has 0 radical (unpaired) electrons. The first-order valence-corrected chi connectivity index (χ1v) is 7.91. The van der Waals surface area contributed by atoms with E-state index in [-0.39, 0.29) is 25.3 Å². The summed E-state index contributed by atoms with van der Waals surface area (Å²) in [6.45, 7) is 1.88. The van der Waals surface area contributed by atoms with Crippen LogP contribution in [0.25, 0.3) is 0 Å². The number of benzene rings is 1. The number of hydrogen-bond donors (Lipinski definition) is 2. The fourth-order valence-corrected chi connectivity index (χ4v) is 2.87. The van der Waals surface area contributed by atoms with E-state index in [0.717, 1.165) is 10.4 Å². The molecule has 1 amide bonds. The van der Waals surface area contributed by atoms with Crippen LogP contribution < -0.4 is 0 Å². The Kier molecular flexibility index (Phi) is 6.58. The number of tetrazole rings is 1. The molecule has 1 unspecified atom stereocenters. The highest BCUT2D eigenvalue weighted by Gasteiger charge is 2.34. The van der Waals surface area contributed by atoms with Gasteiger partial charge in [0.05, 0.1) is 18.5 Å². The van der Waals surface area contributed by atoms with Crippen LogP contribution in [0.2, 0.25) is 0 Å². The summed E-state index contributed by atoms with van der Waals surface area (Å²) in [4.78, 5) is 23.9. The molecule has 0 spiro atoms. The number of rotatable bonds is 10. The predicted molar refractivity (Wildman–Crippen MR) is 86.3 cm³/mol. The minimum Gasteiger partial charge on any atom is -0.481 e. The molecule has 2 aromatic rings. The van der Waals surface area contributed by atoms with Crippen LogP contribution in [0.1, 0.15) is 18.9 Å². The summed E-state index contributed by atoms with van der Waals surface area (Å²) in [5, 5.41) is 30.9. The second kappa shape index (κ2) is 8.88. The van der Waals surface area contributed by atoms with E-state index in [1.165, 1.54) is 6.33 Å². The number of carbonyl (C=O) groups is 2. The molecule has 2 N–H and O–H groups in total. The van der Waals surface area contributed by atoms with Gasteiger partial charge < -0.3 is 5.11 Å². The van der Waals surface area contributed by atoms with E-state index < -0.39 is 17.9 Å². The molecule has 9 heteroatoms. The van der Waals surface area contributed by atoms with Crippen molar-refractivity contribution in [2.45, 2.75) is 32.4 Å². The molecule has 0 bridgehead atoms. The molecule has 0 saturated carbocycles. The van der Waals surface area contributed by atoms with Gasteiger partial charge in [-0.05, 0) is 29.5 Å². The zero-order valence-electron chi connectivity index (χ0n) is 13.8. The van der Waals surface area contributed by atoms with Crippen molar-refractivity contribution in [3.63, 3.8) is 0 Å². The summed E-state index contributed by atoms with van der Waals surface area (Å²) >= 11 is 0. The van der Waals surface area contributed by atoms with E-state index in [4.69, 9.17) is 0 Å². The summed E-state index contributed by atoms with van der Waals surface area (Å²) in [6, 6.07) is 8.74. The van der Waals surface area contributed by atoms with E-state index >= 15 is 0 Å². The van der Waals surface area contributed by atoms with E-state index in [1.807, 2.05) is 37.3 Å². The molecule has 0 aliphatic carbocycles. The third-order valence-corrected chi connectivity index (χ3v) is 4.05. The molecule has 1 aromatic heterocycles. The highest BCUT2D eigenvalue weighted by molar-refractivity contribution is 5.71. The van der Waals surface area contributed by atoms with Gasteiger partial charge in [0.1, 0.15) is 0 Å². The van der Waals surface area contributed by atoms with Crippen LogP contribution >= 0.6 is 0 Å². The largest absolute Gasteiger partial charge is 0.481 e. The molecular weight excluding hydrogens is 326 g/mol. The Morgan fingerprint density at radius 2 is 2.08 bits per heavy atom. The summed E-state index contributed by atoms with van der Waals surface area (Å²) < 4.78 is 0. The topological polar surface area (TPSA) is 121 Å². The summed E-state index contributed by atoms with van der Waals surface area (Å²) in [5.41, 5.74) is 1.10.